The molecule has 0 bridgehead atoms. The number of likely N-dealkylation sites (tertiary alicyclic amines) is 1. The van der Waals surface area contributed by atoms with Crippen molar-refractivity contribution >= 4 is 23.7 Å². The molecule has 1 unspecified atom stereocenters. The summed E-state index contributed by atoms with van der Waals surface area (Å²) in [6.07, 6.45) is 9.20. The zero-order valence-corrected chi connectivity index (χ0v) is 34.5. The van der Waals surface area contributed by atoms with Crippen LogP contribution in [0.25, 0.3) is 22.5 Å². The standard InChI is InChI=1S/C47H50N10O2/c1-30-13-14-31(2)40(19-30)42-25-48-46(54(42)5)51-44(58)37-11-7-9-34(22-37)27-56-17-15-36(28-56)24-39-20-33(4)41(21-32(39)3)43-26-49-47(55(43)6)52-45(59)38-12-8-10-35(23-38)29-57-18-16-50-53-57/h7-14,16,18-23,25-26,36H,15,17,24,27-29H2,1-6H3,(H,48,51,58)(H,49,52,59). The molecule has 1 saturated heterocycles. The summed E-state index contributed by atoms with van der Waals surface area (Å²) >= 11 is 0. The zero-order chi connectivity index (χ0) is 41.2. The molecule has 4 aromatic carbocycles. The summed E-state index contributed by atoms with van der Waals surface area (Å²) in [6.45, 7) is 11.8. The Morgan fingerprint density at radius 2 is 1.34 bits per heavy atom. The fourth-order valence-corrected chi connectivity index (χ4v) is 8.20. The van der Waals surface area contributed by atoms with Crippen LogP contribution in [0.4, 0.5) is 11.9 Å². The zero-order valence-electron chi connectivity index (χ0n) is 34.5. The van der Waals surface area contributed by atoms with Gasteiger partial charge in [0.2, 0.25) is 11.9 Å². The third-order valence-corrected chi connectivity index (χ3v) is 11.5. The lowest BCUT2D eigenvalue weighted by molar-refractivity contribution is 0.101. The van der Waals surface area contributed by atoms with E-state index in [1.807, 2.05) is 72.0 Å². The number of carbonyl (C=O) groups excluding carboxylic acids is 2. The summed E-state index contributed by atoms with van der Waals surface area (Å²) in [7, 11) is 3.86. The maximum Gasteiger partial charge on any atom is 0.257 e. The summed E-state index contributed by atoms with van der Waals surface area (Å²) in [4.78, 5) is 38.3. The number of carbonyl (C=O) groups is 2. The molecular weight excluding hydrogens is 737 g/mol. The molecule has 2 amide bonds. The van der Waals surface area contributed by atoms with Gasteiger partial charge in [0.05, 0.1) is 36.5 Å². The van der Waals surface area contributed by atoms with Gasteiger partial charge in [-0.1, -0.05) is 53.2 Å². The van der Waals surface area contributed by atoms with E-state index in [4.69, 9.17) is 0 Å². The highest BCUT2D eigenvalue weighted by Crippen LogP contribution is 2.32. The molecule has 2 N–H and O–H groups in total. The first-order valence-corrected chi connectivity index (χ1v) is 20.1. The molecule has 1 aliphatic heterocycles. The van der Waals surface area contributed by atoms with E-state index < -0.39 is 0 Å². The van der Waals surface area contributed by atoms with Gasteiger partial charge in [0.25, 0.3) is 11.8 Å². The van der Waals surface area contributed by atoms with Crippen LogP contribution in [0.5, 0.6) is 0 Å². The van der Waals surface area contributed by atoms with Crippen molar-refractivity contribution in [2.75, 3.05) is 23.7 Å². The van der Waals surface area contributed by atoms with Crippen molar-refractivity contribution < 1.29 is 9.59 Å². The molecule has 1 atom stereocenters. The average molecular weight is 787 g/mol. The van der Waals surface area contributed by atoms with Crippen LogP contribution in [-0.2, 0) is 33.6 Å². The topological polar surface area (TPSA) is 128 Å². The second kappa shape index (κ2) is 16.7. The number of imidazole rings is 2. The third-order valence-electron chi connectivity index (χ3n) is 11.5. The van der Waals surface area contributed by atoms with Gasteiger partial charge in [0, 0.05) is 55.6 Å². The van der Waals surface area contributed by atoms with Crippen LogP contribution in [-0.4, -0.2) is 63.9 Å². The van der Waals surface area contributed by atoms with E-state index in [9.17, 15) is 9.59 Å². The van der Waals surface area contributed by atoms with E-state index >= 15 is 0 Å². The first-order valence-electron chi connectivity index (χ1n) is 20.1. The third kappa shape index (κ3) is 8.63. The van der Waals surface area contributed by atoms with E-state index in [1.165, 1.54) is 22.3 Å². The molecule has 12 nitrogen and oxygen atoms in total. The fraction of sp³-hybridized carbons (Fsp3) is 0.277. The second-order valence-electron chi connectivity index (χ2n) is 16.0. The highest BCUT2D eigenvalue weighted by atomic mass is 16.2. The number of anilines is 2. The molecule has 4 heterocycles. The Hall–Kier alpha value is -6.66. The van der Waals surface area contributed by atoms with Crippen molar-refractivity contribution in [1.29, 1.82) is 0 Å². The Morgan fingerprint density at radius 1 is 0.712 bits per heavy atom. The minimum absolute atomic E-state index is 0.171. The van der Waals surface area contributed by atoms with Gasteiger partial charge >= 0.3 is 0 Å². The molecule has 3 aromatic heterocycles. The van der Waals surface area contributed by atoms with Crippen LogP contribution in [0.1, 0.15) is 66.1 Å². The fourth-order valence-electron chi connectivity index (χ4n) is 8.20. The number of amides is 2. The molecule has 0 aliphatic carbocycles. The number of nitrogens with zero attached hydrogens (tertiary/aromatic N) is 8. The van der Waals surface area contributed by atoms with Gasteiger partial charge in [-0.2, -0.15) is 0 Å². The summed E-state index contributed by atoms with van der Waals surface area (Å²) < 4.78 is 5.60. The molecule has 7 aromatic rings. The van der Waals surface area contributed by atoms with Gasteiger partial charge in [-0.05, 0) is 123 Å². The van der Waals surface area contributed by atoms with Gasteiger partial charge in [-0.3, -0.25) is 25.1 Å². The largest absolute Gasteiger partial charge is 0.313 e. The smallest absolute Gasteiger partial charge is 0.257 e. The first-order chi connectivity index (χ1) is 28.5. The van der Waals surface area contributed by atoms with Crippen molar-refractivity contribution in [3.63, 3.8) is 0 Å². The maximum atomic E-state index is 13.4. The molecule has 1 fully saturated rings. The van der Waals surface area contributed by atoms with Crippen molar-refractivity contribution in [2.45, 2.75) is 53.6 Å². The van der Waals surface area contributed by atoms with E-state index in [0.717, 1.165) is 71.7 Å². The lowest BCUT2D eigenvalue weighted by atomic mass is 9.91. The summed E-state index contributed by atoms with van der Waals surface area (Å²) in [5, 5.41) is 13.9. The molecule has 59 heavy (non-hydrogen) atoms. The Bertz CT molecular complexity index is 2660. The van der Waals surface area contributed by atoms with E-state index in [2.05, 4.69) is 99.9 Å². The number of aromatic nitrogens is 7. The maximum absolute atomic E-state index is 13.4. The van der Waals surface area contributed by atoms with Gasteiger partial charge in [-0.15, -0.1) is 5.10 Å². The number of nitrogens with one attached hydrogen (secondary N) is 2. The Labute approximate surface area is 344 Å². The molecule has 300 valence electrons. The number of aryl methyl sites for hydroxylation is 4. The molecule has 12 heteroatoms. The Morgan fingerprint density at radius 3 is 1.97 bits per heavy atom. The van der Waals surface area contributed by atoms with E-state index in [0.29, 0.717) is 35.5 Å². The van der Waals surface area contributed by atoms with E-state index in [1.54, 1.807) is 23.1 Å². The predicted octanol–water partition coefficient (Wildman–Crippen LogP) is 7.93. The van der Waals surface area contributed by atoms with Crippen LogP contribution in [0.3, 0.4) is 0 Å². The van der Waals surface area contributed by atoms with Crippen molar-refractivity contribution in [3.8, 4) is 22.5 Å². The highest BCUT2D eigenvalue weighted by molar-refractivity contribution is 6.04. The van der Waals surface area contributed by atoms with Crippen LogP contribution < -0.4 is 10.6 Å². The molecular formula is C47H50N10O2. The van der Waals surface area contributed by atoms with Gasteiger partial charge in [0.1, 0.15) is 0 Å². The SMILES string of the molecule is Cc1ccc(C)c(-c2cnc(NC(=O)c3cccc(CN4CCC(Cc5cc(C)c(-c6cnc(NC(=O)c7cccc(Cn8ccnn8)c7)n6C)cc5C)C4)c3)n2C)c1. The predicted molar refractivity (Wildman–Crippen MR) is 231 cm³/mol. The summed E-state index contributed by atoms with van der Waals surface area (Å²) in [6, 6.07) is 26.3. The monoisotopic (exact) mass is 786 g/mol. The van der Waals surface area contributed by atoms with Gasteiger partial charge < -0.3 is 9.13 Å². The second-order valence-corrected chi connectivity index (χ2v) is 16.0. The minimum atomic E-state index is -0.221. The molecule has 0 spiro atoms. The normalized spacial score (nSPS) is 14.2. The lowest BCUT2D eigenvalue weighted by Gasteiger charge is -2.18. The molecule has 0 saturated carbocycles. The Balaban J connectivity index is 0.871. The molecule has 1 aliphatic rings. The number of hydrogen-bond donors (Lipinski definition) is 2. The molecule has 8 rings (SSSR count). The van der Waals surface area contributed by atoms with Crippen LogP contribution >= 0.6 is 0 Å². The number of benzene rings is 4. The molecule has 0 radical (unpaired) electrons. The van der Waals surface area contributed by atoms with Crippen molar-refractivity contribution in [3.05, 3.63) is 154 Å². The van der Waals surface area contributed by atoms with Crippen LogP contribution in [0, 0.1) is 33.6 Å². The minimum Gasteiger partial charge on any atom is -0.313 e. The Kier molecular flexibility index (Phi) is 11.1. The lowest BCUT2D eigenvalue weighted by Crippen LogP contribution is -2.21. The van der Waals surface area contributed by atoms with Crippen LogP contribution in [0.15, 0.2) is 104 Å². The summed E-state index contributed by atoms with van der Waals surface area (Å²) in [5.74, 6) is 1.15. The summed E-state index contributed by atoms with van der Waals surface area (Å²) in [5.41, 5.74) is 13.5. The van der Waals surface area contributed by atoms with Gasteiger partial charge in [-0.25, -0.2) is 14.6 Å². The average Bonchev–Trinajstić information content (AvgIpc) is 4.05. The van der Waals surface area contributed by atoms with Gasteiger partial charge in [0.15, 0.2) is 0 Å². The number of hydrogen-bond acceptors (Lipinski definition) is 7. The first kappa shape index (κ1) is 39.2. The van der Waals surface area contributed by atoms with Crippen LogP contribution in [0.2, 0.25) is 0 Å². The van der Waals surface area contributed by atoms with Crippen molar-refractivity contribution in [1.82, 2.24) is 39.0 Å². The quantitative estimate of drug-likeness (QED) is 0.129. The van der Waals surface area contributed by atoms with E-state index in [-0.39, 0.29) is 11.8 Å². The number of rotatable bonds is 12. The highest BCUT2D eigenvalue weighted by Gasteiger charge is 2.25. The van der Waals surface area contributed by atoms with Crippen molar-refractivity contribution in [2.24, 2.45) is 20.0 Å².